The summed E-state index contributed by atoms with van der Waals surface area (Å²) >= 11 is 6.15. The van der Waals surface area contributed by atoms with Crippen LogP contribution in [0.5, 0.6) is 0 Å². The third-order valence-corrected chi connectivity index (χ3v) is 4.75. The van der Waals surface area contributed by atoms with Crippen molar-refractivity contribution in [1.29, 1.82) is 0 Å². The van der Waals surface area contributed by atoms with Crippen LogP contribution in [-0.2, 0) is 0 Å². The summed E-state index contributed by atoms with van der Waals surface area (Å²) in [6.07, 6.45) is 5.93. The van der Waals surface area contributed by atoms with E-state index in [2.05, 4.69) is 4.90 Å². The molecule has 0 spiro atoms. The van der Waals surface area contributed by atoms with E-state index in [-0.39, 0.29) is 0 Å². The van der Waals surface area contributed by atoms with Gasteiger partial charge in [0.15, 0.2) is 0 Å². The first kappa shape index (κ1) is 14.4. The van der Waals surface area contributed by atoms with Gasteiger partial charge >= 0.3 is 0 Å². The van der Waals surface area contributed by atoms with Crippen molar-refractivity contribution in [2.24, 2.45) is 11.8 Å². The van der Waals surface area contributed by atoms with Crippen molar-refractivity contribution in [2.75, 3.05) is 19.6 Å². The minimum Gasteiger partial charge on any atom is -0.388 e. The van der Waals surface area contributed by atoms with E-state index in [1.165, 1.54) is 38.8 Å². The molecule has 0 radical (unpaired) electrons. The van der Waals surface area contributed by atoms with Gasteiger partial charge in [0.25, 0.3) is 0 Å². The van der Waals surface area contributed by atoms with Crippen LogP contribution < -0.4 is 0 Å². The number of hydrogen-bond donors (Lipinski definition) is 1. The van der Waals surface area contributed by atoms with E-state index < -0.39 is 6.10 Å². The fourth-order valence-electron chi connectivity index (χ4n) is 2.79. The normalized spacial score (nSPS) is 20.4. The molecule has 3 heteroatoms. The van der Waals surface area contributed by atoms with Crippen LogP contribution in [-0.4, -0.2) is 29.6 Å². The lowest BCUT2D eigenvalue weighted by Crippen LogP contribution is -2.30. The summed E-state index contributed by atoms with van der Waals surface area (Å²) in [4.78, 5) is 2.56. The Bertz CT molecular complexity index is 428. The van der Waals surface area contributed by atoms with E-state index >= 15 is 0 Å². The lowest BCUT2D eigenvalue weighted by molar-refractivity contribution is 0.138. The summed E-state index contributed by atoms with van der Waals surface area (Å²) in [6.45, 7) is 3.44. The average Bonchev–Trinajstić information content (AvgIpc) is 3.32. The molecule has 0 heterocycles. The first-order valence-corrected chi connectivity index (χ1v) is 8.25. The van der Waals surface area contributed by atoms with Crippen LogP contribution in [0.1, 0.15) is 43.8 Å². The molecule has 1 atom stereocenters. The summed E-state index contributed by atoms with van der Waals surface area (Å²) in [5.74, 6) is 1.84. The zero-order valence-corrected chi connectivity index (χ0v) is 12.7. The maximum absolute atomic E-state index is 10.3. The molecule has 0 aromatic heterocycles. The molecule has 20 heavy (non-hydrogen) atoms. The van der Waals surface area contributed by atoms with Gasteiger partial charge in [-0.15, -0.1) is 0 Å². The third kappa shape index (κ3) is 4.21. The third-order valence-electron chi connectivity index (χ3n) is 4.41. The molecule has 2 saturated carbocycles. The Hall–Kier alpha value is -0.570. The van der Waals surface area contributed by atoms with E-state index in [1.807, 2.05) is 24.3 Å². The van der Waals surface area contributed by atoms with Crippen molar-refractivity contribution in [2.45, 2.75) is 38.2 Å². The van der Waals surface area contributed by atoms with Crippen LogP contribution in [0.4, 0.5) is 0 Å². The standard InChI is InChI=1S/C17H24ClNO/c18-16-4-2-1-3-15(16)17(20)9-10-19(11-13-5-6-13)12-14-7-8-14/h1-4,13-14,17,20H,5-12H2. The Morgan fingerprint density at radius 3 is 2.25 bits per heavy atom. The van der Waals surface area contributed by atoms with Crippen LogP contribution >= 0.6 is 11.6 Å². The summed E-state index contributed by atoms with van der Waals surface area (Å²) in [5, 5.41) is 11.0. The van der Waals surface area contributed by atoms with Gasteiger partial charge in [-0.05, 0) is 55.6 Å². The van der Waals surface area contributed by atoms with Gasteiger partial charge < -0.3 is 10.0 Å². The average molecular weight is 294 g/mol. The van der Waals surface area contributed by atoms with Crippen molar-refractivity contribution in [3.8, 4) is 0 Å². The predicted molar refractivity (Wildman–Crippen MR) is 82.9 cm³/mol. The maximum atomic E-state index is 10.3. The Balaban J connectivity index is 1.51. The number of aliphatic hydroxyl groups excluding tert-OH is 1. The van der Waals surface area contributed by atoms with Crippen molar-refractivity contribution in [3.63, 3.8) is 0 Å². The second-order valence-corrected chi connectivity index (χ2v) is 6.88. The number of rotatable bonds is 8. The van der Waals surface area contributed by atoms with Gasteiger partial charge in [0.2, 0.25) is 0 Å². The van der Waals surface area contributed by atoms with Gasteiger partial charge in [-0.25, -0.2) is 0 Å². The molecule has 0 aliphatic heterocycles. The fraction of sp³-hybridized carbons (Fsp3) is 0.647. The molecule has 0 bridgehead atoms. The summed E-state index contributed by atoms with van der Waals surface area (Å²) in [5.41, 5.74) is 0.868. The van der Waals surface area contributed by atoms with Gasteiger partial charge in [-0.3, -0.25) is 0 Å². The van der Waals surface area contributed by atoms with E-state index in [9.17, 15) is 5.11 Å². The van der Waals surface area contributed by atoms with E-state index in [0.29, 0.717) is 5.02 Å². The molecule has 110 valence electrons. The SMILES string of the molecule is OC(CCN(CC1CC1)CC1CC1)c1ccccc1Cl. The lowest BCUT2D eigenvalue weighted by Gasteiger charge is -2.24. The molecular weight excluding hydrogens is 270 g/mol. The lowest BCUT2D eigenvalue weighted by atomic mass is 10.1. The largest absolute Gasteiger partial charge is 0.388 e. The highest BCUT2D eigenvalue weighted by Gasteiger charge is 2.29. The number of benzene rings is 1. The molecule has 1 unspecified atom stereocenters. The molecule has 0 saturated heterocycles. The monoisotopic (exact) mass is 293 g/mol. The van der Waals surface area contributed by atoms with Crippen LogP contribution in [0.3, 0.4) is 0 Å². The first-order chi connectivity index (χ1) is 9.72. The Morgan fingerprint density at radius 2 is 1.70 bits per heavy atom. The highest BCUT2D eigenvalue weighted by Crippen LogP contribution is 2.34. The summed E-state index contributed by atoms with van der Waals surface area (Å²) < 4.78 is 0. The van der Waals surface area contributed by atoms with Gasteiger partial charge in [0.1, 0.15) is 0 Å². The second-order valence-electron chi connectivity index (χ2n) is 6.47. The van der Waals surface area contributed by atoms with E-state index in [1.54, 1.807) is 0 Å². The Kier molecular flexibility index (Phi) is 4.65. The number of aliphatic hydroxyl groups is 1. The molecular formula is C17H24ClNO. The first-order valence-electron chi connectivity index (χ1n) is 7.87. The number of hydrogen-bond acceptors (Lipinski definition) is 2. The van der Waals surface area contributed by atoms with Crippen molar-refractivity contribution < 1.29 is 5.11 Å². The predicted octanol–water partition coefficient (Wildman–Crippen LogP) is 3.89. The highest BCUT2D eigenvalue weighted by atomic mass is 35.5. The quantitative estimate of drug-likeness (QED) is 0.786. The number of nitrogens with zero attached hydrogens (tertiary/aromatic N) is 1. The molecule has 0 amide bonds. The van der Waals surface area contributed by atoms with Crippen LogP contribution in [0, 0.1) is 11.8 Å². The molecule has 2 nitrogen and oxygen atoms in total. The molecule has 2 aliphatic carbocycles. The van der Waals surface area contributed by atoms with Gasteiger partial charge in [0.05, 0.1) is 6.10 Å². The zero-order chi connectivity index (χ0) is 13.9. The second kappa shape index (κ2) is 6.46. The molecule has 1 N–H and O–H groups in total. The fourth-order valence-corrected chi connectivity index (χ4v) is 3.06. The van der Waals surface area contributed by atoms with Crippen LogP contribution in [0.15, 0.2) is 24.3 Å². The number of halogens is 1. The van der Waals surface area contributed by atoms with Crippen LogP contribution in [0.2, 0.25) is 5.02 Å². The van der Waals surface area contributed by atoms with Crippen LogP contribution in [0.25, 0.3) is 0 Å². The minimum absolute atomic E-state index is 0.440. The van der Waals surface area contributed by atoms with Crippen molar-refractivity contribution in [3.05, 3.63) is 34.9 Å². The van der Waals surface area contributed by atoms with E-state index in [0.717, 1.165) is 30.4 Å². The topological polar surface area (TPSA) is 23.5 Å². The molecule has 2 aliphatic rings. The summed E-state index contributed by atoms with van der Waals surface area (Å²) in [7, 11) is 0. The molecule has 2 fully saturated rings. The highest BCUT2D eigenvalue weighted by molar-refractivity contribution is 6.31. The molecule has 1 aromatic carbocycles. The van der Waals surface area contributed by atoms with Gasteiger partial charge in [0, 0.05) is 24.7 Å². The smallest absolute Gasteiger partial charge is 0.0816 e. The molecule has 1 aromatic rings. The Morgan fingerprint density at radius 1 is 1.10 bits per heavy atom. The van der Waals surface area contributed by atoms with Gasteiger partial charge in [-0.1, -0.05) is 29.8 Å². The minimum atomic E-state index is -0.440. The Labute approximate surface area is 126 Å². The summed E-state index contributed by atoms with van der Waals surface area (Å²) in [6, 6.07) is 7.63. The molecule has 3 rings (SSSR count). The van der Waals surface area contributed by atoms with Crippen molar-refractivity contribution in [1.82, 2.24) is 4.90 Å². The van der Waals surface area contributed by atoms with Gasteiger partial charge in [-0.2, -0.15) is 0 Å². The zero-order valence-electron chi connectivity index (χ0n) is 12.0. The van der Waals surface area contributed by atoms with E-state index in [4.69, 9.17) is 11.6 Å². The van der Waals surface area contributed by atoms with Crippen molar-refractivity contribution >= 4 is 11.6 Å². The maximum Gasteiger partial charge on any atom is 0.0816 e.